The van der Waals surface area contributed by atoms with E-state index in [2.05, 4.69) is 24.3 Å². The summed E-state index contributed by atoms with van der Waals surface area (Å²) in [5, 5.41) is 14.1. The van der Waals surface area contributed by atoms with Gasteiger partial charge in [0, 0.05) is 0 Å². The number of hydrogen-bond donors (Lipinski definition) is 1. The minimum atomic E-state index is 0. The van der Waals surface area contributed by atoms with Crippen molar-refractivity contribution in [2.24, 2.45) is 0 Å². The first-order valence-electron chi connectivity index (χ1n) is 4.95. The van der Waals surface area contributed by atoms with Crippen LogP contribution in [0.15, 0.2) is 54.6 Å². The molecule has 0 aliphatic heterocycles. The van der Waals surface area contributed by atoms with E-state index < -0.39 is 0 Å². The Morgan fingerprint density at radius 2 is 1.31 bits per heavy atom. The van der Waals surface area contributed by atoms with Gasteiger partial charge >= 0.3 is 0 Å². The van der Waals surface area contributed by atoms with Gasteiger partial charge in [0.05, 0.1) is 0 Å². The van der Waals surface area contributed by atoms with Crippen molar-refractivity contribution in [3.05, 3.63) is 54.6 Å². The van der Waals surface area contributed by atoms with Gasteiger partial charge in [-0.05, 0) is 33.7 Å². The standard InChI is InChI=1S/C14H10O.CH4/c15-12-8-7-11-6-5-10-3-1-2-4-13(10)14(11)9-12;/h1-9,15H;1H4. The summed E-state index contributed by atoms with van der Waals surface area (Å²) < 4.78 is 0. The van der Waals surface area contributed by atoms with E-state index in [0.717, 1.165) is 10.8 Å². The quantitative estimate of drug-likeness (QED) is 0.547. The van der Waals surface area contributed by atoms with Crippen molar-refractivity contribution in [3.63, 3.8) is 0 Å². The fraction of sp³-hybridized carbons (Fsp3) is 0.0667. The number of hydrogen-bond acceptors (Lipinski definition) is 1. The molecule has 0 bridgehead atoms. The van der Waals surface area contributed by atoms with Crippen LogP contribution in [0.25, 0.3) is 21.5 Å². The van der Waals surface area contributed by atoms with Crippen molar-refractivity contribution in [2.75, 3.05) is 0 Å². The van der Waals surface area contributed by atoms with E-state index >= 15 is 0 Å². The Balaban J connectivity index is 0.000000963. The zero-order valence-electron chi connectivity index (χ0n) is 8.14. The molecule has 16 heavy (non-hydrogen) atoms. The Morgan fingerprint density at radius 1 is 0.688 bits per heavy atom. The lowest BCUT2D eigenvalue weighted by molar-refractivity contribution is 0.476. The van der Waals surface area contributed by atoms with Crippen LogP contribution in [0.3, 0.4) is 0 Å². The second-order valence-corrected chi connectivity index (χ2v) is 3.69. The number of rotatable bonds is 0. The summed E-state index contributed by atoms with van der Waals surface area (Å²) in [5.74, 6) is 0.318. The highest BCUT2D eigenvalue weighted by molar-refractivity contribution is 6.07. The Hall–Kier alpha value is -2.02. The van der Waals surface area contributed by atoms with Crippen molar-refractivity contribution < 1.29 is 5.11 Å². The lowest BCUT2D eigenvalue weighted by atomic mass is 10.0. The van der Waals surface area contributed by atoms with Gasteiger partial charge in [0.1, 0.15) is 5.75 Å². The number of phenolic OH excluding ortho intramolecular Hbond substituents is 1. The van der Waals surface area contributed by atoms with Crippen LogP contribution < -0.4 is 0 Å². The molecule has 0 unspecified atom stereocenters. The monoisotopic (exact) mass is 210 g/mol. The Morgan fingerprint density at radius 3 is 2.12 bits per heavy atom. The lowest BCUT2D eigenvalue weighted by Gasteiger charge is -2.03. The Labute approximate surface area is 95.0 Å². The molecular weight excluding hydrogens is 196 g/mol. The average molecular weight is 210 g/mol. The highest BCUT2D eigenvalue weighted by Crippen LogP contribution is 2.27. The van der Waals surface area contributed by atoms with Gasteiger partial charge in [-0.3, -0.25) is 0 Å². The maximum atomic E-state index is 9.49. The molecule has 3 aromatic carbocycles. The maximum Gasteiger partial charge on any atom is 0.116 e. The van der Waals surface area contributed by atoms with Gasteiger partial charge < -0.3 is 5.11 Å². The predicted molar refractivity (Wildman–Crippen MR) is 69.8 cm³/mol. The molecule has 0 radical (unpaired) electrons. The second-order valence-electron chi connectivity index (χ2n) is 3.69. The maximum absolute atomic E-state index is 9.49. The molecule has 3 rings (SSSR count). The Bertz CT molecular complexity index is 641. The zero-order valence-corrected chi connectivity index (χ0v) is 8.14. The molecule has 0 aliphatic carbocycles. The van der Waals surface area contributed by atoms with Gasteiger partial charge in [-0.25, -0.2) is 0 Å². The van der Waals surface area contributed by atoms with E-state index in [1.807, 2.05) is 24.3 Å². The normalized spacial score (nSPS) is 10.2. The summed E-state index contributed by atoms with van der Waals surface area (Å²) in [5.41, 5.74) is 0. The van der Waals surface area contributed by atoms with Crippen LogP contribution in [0.5, 0.6) is 5.75 Å². The molecule has 0 saturated carbocycles. The minimum absolute atomic E-state index is 0. The number of benzene rings is 3. The fourth-order valence-corrected chi connectivity index (χ4v) is 1.99. The van der Waals surface area contributed by atoms with Crippen LogP contribution in [0.2, 0.25) is 0 Å². The number of phenols is 1. The molecule has 1 heteroatoms. The van der Waals surface area contributed by atoms with Crippen LogP contribution in [-0.2, 0) is 0 Å². The largest absolute Gasteiger partial charge is 0.508 e. The molecule has 0 aliphatic rings. The van der Waals surface area contributed by atoms with Crippen molar-refractivity contribution in [1.29, 1.82) is 0 Å². The van der Waals surface area contributed by atoms with Crippen molar-refractivity contribution in [2.45, 2.75) is 7.43 Å². The van der Waals surface area contributed by atoms with Crippen molar-refractivity contribution in [1.82, 2.24) is 0 Å². The summed E-state index contributed by atoms with van der Waals surface area (Å²) in [6.07, 6.45) is 0. The molecule has 0 saturated heterocycles. The molecule has 0 amide bonds. The summed E-state index contributed by atoms with van der Waals surface area (Å²) in [4.78, 5) is 0. The highest BCUT2D eigenvalue weighted by atomic mass is 16.3. The van der Waals surface area contributed by atoms with Crippen LogP contribution in [-0.4, -0.2) is 5.11 Å². The van der Waals surface area contributed by atoms with E-state index in [4.69, 9.17) is 0 Å². The van der Waals surface area contributed by atoms with E-state index in [9.17, 15) is 5.11 Å². The molecule has 0 spiro atoms. The Kier molecular flexibility index (Phi) is 2.53. The van der Waals surface area contributed by atoms with Gasteiger partial charge in [-0.2, -0.15) is 0 Å². The predicted octanol–water partition coefficient (Wildman–Crippen LogP) is 4.33. The first-order chi connectivity index (χ1) is 7.34. The van der Waals surface area contributed by atoms with Gasteiger partial charge in [-0.1, -0.05) is 49.9 Å². The first-order valence-corrected chi connectivity index (χ1v) is 4.95. The third-order valence-electron chi connectivity index (χ3n) is 2.73. The number of aromatic hydroxyl groups is 1. The van der Waals surface area contributed by atoms with Crippen LogP contribution >= 0.6 is 0 Å². The van der Waals surface area contributed by atoms with E-state index in [1.165, 1.54) is 10.8 Å². The van der Waals surface area contributed by atoms with Gasteiger partial charge in [-0.15, -0.1) is 0 Å². The van der Waals surface area contributed by atoms with E-state index in [0.29, 0.717) is 5.75 Å². The topological polar surface area (TPSA) is 20.2 Å². The lowest BCUT2D eigenvalue weighted by Crippen LogP contribution is -1.76. The molecule has 0 atom stereocenters. The first kappa shape index (κ1) is 10.5. The van der Waals surface area contributed by atoms with Gasteiger partial charge in [0.25, 0.3) is 0 Å². The zero-order chi connectivity index (χ0) is 10.3. The average Bonchev–Trinajstić information content (AvgIpc) is 2.29. The molecule has 80 valence electrons. The van der Waals surface area contributed by atoms with Crippen LogP contribution in [0, 0.1) is 0 Å². The van der Waals surface area contributed by atoms with Crippen LogP contribution in [0.4, 0.5) is 0 Å². The molecule has 0 fully saturated rings. The van der Waals surface area contributed by atoms with E-state index in [1.54, 1.807) is 6.07 Å². The third-order valence-corrected chi connectivity index (χ3v) is 2.73. The fourth-order valence-electron chi connectivity index (χ4n) is 1.99. The molecule has 1 nitrogen and oxygen atoms in total. The van der Waals surface area contributed by atoms with E-state index in [-0.39, 0.29) is 7.43 Å². The summed E-state index contributed by atoms with van der Waals surface area (Å²) in [7, 11) is 0. The molecule has 0 aromatic heterocycles. The summed E-state index contributed by atoms with van der Waals surface area (Å²) in [6, 6.07) is 17.9. The second kappa shape index (κ2) is 3.86. The molecule has 0 heterocycles. The van der Waals surface area contributed by atoms with Crippen molar-refractivity contribution >= 4 is 21.5 Å². The smallest absolute Gasteiger partial charge is 0.116 e. The highest BCUT2D eigenvalue weighted by Gasteiger charge is 2.00. The SMILES string of the molecule is C.Oc1ccc2ccc3ccccc3c2c1. The number of fused-ring (bicyclic) bond motifs is 3. The van der Waals surface area contributed by atoms with Gasteiger partial charge in [0.15, 0.2) is 0 Å². The summed E-state index contributed by atoms with van der Waals surface area (Å²) in [6.45, 7) is 0. The molecular formula is C15H14O. The molecule has 1 N–H and O–H groups in total. The summed E-state index contributed by atoms with van der Waals surface area (Å²) >= 11 is 0. The van der Waals surface area contributed by atoms with Gasteiger partial charge in [0.2, 0.25) is 0 Å². The third kappa shape index (κ3) is 1.50. The van der Waals surface area contributed by atoms with Crippen LogP contribution in [0.1, 0.15) is 7.43 Å². The minimum Gasteiger partial charge on any atom is -0.508 e. The van der Waals surface area contributed by atoms with Crippen molar-refractivity contribution in [3.8, 4) is 5.75 Å². The molecule has 3 aromatic rings.